The lowest BCUT2D eigenvalue weighted by Crippen LogP contribution is -2.47. The van der Waals surface area contributed by atoms with Gasteiger partial charge in [0.15, 0.2) is 0 Å². The standard InChI is InChI=1S/C15H21NO3/c17-14-5-6-15(7-10-18-12-15)11-16(14)8-1-3-13-4-2-9-19-13/h2,4,9H,1,3,5-8,10-12H2/t15-/m1/s1. The average molecular weight is 263 g/mol. The Morgan fingerprint density at radius 3 is 3.05 bits per heavy atom. The van der Waals surface area contributed by atoms with E-state index < -0.39 is 0 Å². The number of carbonyl (C=O) groups is 1. The van der Waals surface area contributed by atoms with Gasteiger partial charge < -0.3 is 14.1 Å². The lowest BCUT2D eigenvalue weighted by molar-refractivity contribution is -0.137. The van der Waals surface area contributed by atoms with E-state index in [9.17, 15) is 4.79 Å². The smallest absolute Gasteiger partial charge is 0.222 e. The van der Waals surface area contributed by atoms with E-state index in [1.807, 2.05) is 17.0 Å². The molecule has 1 spiro atoms. The van der Waals surface area contributed by atoms with Crippen molar-refractivity contribution in [3.05, 3.63) is 24.2 Å². The Balaban J connectivity index is 1.52. The van der Waals surface area contributed by atoms with Crippen LogP contribution in [0.15, 0.2) is 22.8 Å². The first-order valence-corrected chi connectivity index (χ1v) is 7.15. The van der Waals surface area contributed by atoms with Crippen molar-refractivity contribution >= 4 is 5.91 Å². The maximum Gasteiger partial charge on any atom is 0.222 e. The fraction of sp³-hybridized carbons (Fsp3) is 0.667. The Morgan fingerprint density at radius 2 is 2.32 bits per heavy atom. The average Bonchev–Trinajstić information content (AvgIpc) is 3.06. The van der Waals surface area contributed by atoms with Crippen LogP contribution in [-0.2, 0) is 16.0 Å². The summed E-state index contributed by atoms with van der Waals surface area (Å²) >= 11 is 0. The zero-order valence-corrected chi connectivity index (χ0v) is 11.3. The molecule has 1 aromatic heterocycles. The van der Waals surface area contributed by atoms with Crippen LogP contribution in [0.1, 0.15) is 31.4 Å². The fourth-order valence-electron chi connectivity index (χ4n) is 3.18. The van der Waals surface area contributed by atoms with Gasteiger partial charge in [0, 0.05) is 38.0 Å². The van der Waals surface area contributed by atoms with Gasteiger partial charge in [0.2, 0.25) is 5.91 Å². The summed E-state index contributed by atoms with van der Waals surface area (Å²) < 4.78 is 10.9. The first-order chi connectivity index (χ1) is 9.27. The molecule has 0 aromatic carbocycles. The maximum absolute atomic E-state index is 12.0. The van der Waals surface area contributed by atoms with Crippen LogP contribution in [0.5, 0.6) is 0 Å². The largest absolute Gasteiger partial charge is 0.469 e. The van der Waals surface area contributed by atoms with Crippen molar-refractivity contribution < 1.29 is 13.9 Å². The van der Waals surface area contributed by atoms with Gasteiger partial charge in [-0.05, 0) is 31.4 Å². The normalized spacial score (nSPS) is 27.4. The molecule has 0 bridgehead atoms. The predicted octanol–water partition coefficient (Wildman–Crippen LogP) is 2.24. The van der Waals surface area contributed by atoms with Crippen LogP contribution < -0.4 is 0 Å². The Bertz CT molecular complexity index is 421. The molecule has 2 fully saturated rings. The molecule has 1 atom stereocenters. The van der Waals surface area contributed by atoms with E-state index in [0.717, 1.165) is 57.7 Å². The van der Waals surface area contributed by atoms with E-state index in [1.165, 1.54) is 0 Å². The SMILES string of the molecule is O=C1CC[C@@]2(CCOC2)CN1CCCc1ccco1. The zero-order valence-electron chi connectivity index (χ0n) is 11.3. The fourth-order valence-corrected chi connectivity index (χ4v) is 3.18. The van der Waals surface area contributed by atoms with Crippen LogP contribution in [-0.4, -0.2) is 37.1 Å². The molecule has 4 nitrogen and oxygen atoms in total. The second-order valence-electron chi connectivity index (χ2n) is 5.80. The summed E-state index contributed by atoms with van der Waals surface area (Å²) in [6, 6.07) is 3.90. The minimum absolute atomic E-state index is 0.249. The summed E-state index contributed by atoms with van der Waals surface area (Å²) in [6.45, 7) is 3.40. The van der Waals surface area contributed by atoms with Crippen molar-refractivity contribution in [3.8, 4) is 0 Å². The topological polar surface area (TPSA) is 42.7 Å². The highest BCUT2D eigenvalue weighted by Crippen LogP contribution is 2.38. The van der Waals surface area contributed by atoms with E-state index in [0.29, 0.717) is 12.3 Å². The van der Waals surface area contributed by atoms with Gasteiger partial charge in [-0.2, -0.15) is 0 Å². The van der Waals surface area contributed by atoms with E-state index in [-0.39, 0.29) is 5.41 Å². The number of likely N-dealkylation sites (tertiary alicyclic amines) is 1. The predicted molar refractivity (Wildman–Crippen MR) is 70.7 cm³/mol. The molecule has 0 unspecified atom stereocenters. The Labute approximate surface area is 113 Å². The number of aryl methyl sites for hydroxylation is 1. The maximum atomic E-state index is 12.0. The molecular weight excluding hydrogens is 242 g/mol. The highest BCUT2D eigenvalue weighted by atomic mass is 16.5. The molecule has 104 valence electrons. The first kappa shape index (κ1) is 12.7. The molecule has 19 heavy (non-hydrogen) atoms. The molecule has 2 aliphatic heterocycles. The summed E-state index contributed by atoms with van der Waals surface area (Å²) in [6.07, 6.45) is 6.36. The molecule has 0 radical (unpaired) electrons. The second-order valence-corrected chi connectivity index (χ2v) is 5.80. The number of rotatable bonds is 4. The molecule has 0 N–H and O–H groups in total. The Morgan fingerprint density at radius 1 is 1.37 bits per heavy atom. The minimum atomic E-state index is 0.249. The van der Waals surface area contributed by atoms with Gasteiger partial charge in [-0.1, -0.05) is 0 Å². The molecular formula is C15H21NO3. The Kier molecular flexibility index (Phi) is 3.60. The van der Waals surface area contributed by atoms with Crippen molar-refractivity contribution in [2.45, 2.75) is 32.1 Å². The summed E-state index contributed by atoms with van der Waals surface area (Å²) in [7, 11) is 0. The van der Waals surface area contributed by atoms with Crippen molar-refractivity contribution in [1.29, 1.82) is 0 Å². The number of piperidine rings is 1. The summed E-state index contributed by atoms with van der Waals surface area (Å²) in [5, 5.41) is 0. The molecule has 2 saturated heterocycles. The Hall–Kier alpha value is -1.29. The van der Waals surface area contributed by atoms with Crippen LogP contribution in [0.25, 0.3) is 0 Å². The quantitative estimate of drug-likeness (QED) is 0.836. The van der Waals surface area contributed by atoms with Gasteiger partial charge in [-0.3, -0.25) is 4.79 Å². The van der Waals surface area contributed by atoms with E-state index in [1.54, 1.807) is 6.26 Å². The third kappa shape index (κ3) is 2.84. The first-order valence-electron chi connectivity index (χ1n) is 7.15. The van der Waals surface area contributed by atoms with Crippen molar-refractivity contribution in [2.75, 3.05) is 26.3 Å². The third-order valence-electron chi connectivity index (χ3n) is 4.36. The van der Waals surface area contributed by atoms with E-state index in [2.05, 4.69) is 0 Å². The lowest BCUT2D eigenvalue weighted by Gasteiger charge is -2.39. The van der Waals surface area contributed by atoms with Crippen LogP contribution in [0, 0.1) is 5.41 Å². The number of hydrogen-bond donors (Lipinski definition) is 0. The van der Waals surface area contributed by atoms with Gasteiger partial charge >= 0.3 is 0 Å². The zero-order chi connectivity index (χ0) is 13.1. The van der Waals surface area contributed by atoms with Crippen molar-refractivity contribution in [1.82, 2.24) is 4.90 Å². The molecule has 2 aliphatic rings. The van der Waals surface area contributed by atoms with E-state index in [4.69, 9.17) is 9.15 Å². The van der Waals surface area contributed by atoms with Crippen LogP contribution in [0.4, 0.5) is 0 Å². The van der Waals surface area contributed by atoms with Gasteiger partial charge in [0.25, 0.3) is 0 Å². The second kappa shape index (κ2) is 5.37. The number of ether oxygens (including phenoxy) is 1. The van der Waals surface area contributed by atoms with Crippen LogP contribution >= 0.6 is 0 Å². The molecule has 4 heteroatoms. The molecule has 1 amide bonds. The van der Waals surface area contributed by atoms with Gasteiger partial charge in [0.1, 0.15) is 5.76 Å². The molecule has 0 aliphatic carbocycles. The van der Waals surface area contributed by atoms with Crippen molar-refractivity contribution in [2.24, 2.45) is 5.41 Å². The highest BCUT2D eigenvalue weighted by Gasteiger charge is 2.41. The molecule has 3 rings (SSSR count). The van der Waals surface area contributed by atoms with Gasteiger partial charge in [-0.15, -0.1) is 0 Å². The molecule has 3 heterocycles. The van der Waals surface area contributed by atoms with Crippen LogP contribution in [0.3, 0.4) is 0 Å². The number of furan rings is 1. The highest BCUT2D eigenvalue weighted by molar-refractivity contribution is 5.77. The van der Waals surface area contributed by atoms with Gasteiger partial charge in [0.05, 0.1) is 12.9 Å². The number of amides is 1. The summed E-state index contributed by atoms with van der Waals surface area (Å²) in [4.78, 5) is 14.0. The van der Waals surface area contributed by atoms with Gasteiger partial charge in [-0.25, -0.2) is 0 Å². The minimum Gasteiger partial charge on any atom is -0.469 e. The lowest BCUT2D eigenvalue weighted by atomic mass is 9.79. The number of carbonyl (C=O) groups excluding carboxylic acids is 1. The number of nitrogens with zero attached hydrogens (tertiary/aromatic N) is 1. The number of hydrogen-bond acceptors (Lipinski definition) is 3. The molecule has 1 aromatic rings. The third-order valence-corrected chi connectivity index (χ3v) is 4.36. The van der Waals surface area contributed by atoms with E-state index >= 15 is 0 Å². The summed E-state index contributed by atoms with van der Waals surface area (Å²) in [5.41, 5.74) is 0.249. The van der Waals surface area contributed by atoms with Crippen molar-refractivity contribution in [3.63, 3.8) is 0 Å². The van der Waals surface area contributed by atoms with Crippen LogP contribution in [0.2, 0.25) is 0 Å². The monoisotopic (exact) mass is 263 g/mol. The molecule has 0 saturated carbocycles. The summed E-state index contributed by atoms with van der Waals surface area (Å²) in [5.74, 6) is 1.31.